The quantitative estimate of drug-likeness (QED) is 0.490. The second kappa shape index (κ2) is 9.74. The molecule has 0 aromatic heterocycles. The fraction of sp³-hybridized carbons (Fsp3) is 0.200. The van der Waals surface area contributed by atoms with Gasteiger partial charge in [-0.2, -0.15) is 0 Å². The van der Waals surface area contributed by atoms with Crippen LogP contribution in [0, 0.1) is 11.8 Å². The van der Waals surface area contributed by atoms with Gasteiger partial charge in [-0.15, -0.1) is 0 Å². The van der Waals surface area contributed by atoms with Crippen LogP contribution in [0.25, 0.3) is 0 Å². The van der Waals surface area contributed by atoms with E-state index in [2.05, 4.69) is 17.2 Å². The van der Waals surface area contributed by atoms with E-state index in [1.807, 2.05) is 30.3 Å². The summed E-state index contributed by atoms with van der Waals surface area (Å²) < 4.78 is 10.0. The molecule has 0 saturated carbocycles. The standard InChI is InChI=1S/C20H20N2O4/c1-2-25-19(23)17-10-11-18(21)16(13-17)9-6-12-22-20(24)26-14-15-7-4-3-5-8-15/h3-5,7-8,10-11,13H,2,12,14,21H2,1H3,(H,22,24). The smallest absolute Gasteiger partial charge is 0.408 e. The van der Waals surface area contributed by atoms with E-state index in [9.17, 15) is 9.59 Å². The highest BCUT2D eigenvalue weighted by molar-refractivity contribution is 5.90. The Morgan fingerprint density at radius 3 is 2.62 bits per heavy atom. The third kappa shape index (κ3) is 5.87. The summed E-state index contributed by atoms with van der Waals surface area (Å²) in [6.07, 6.45) is -0.559. The first-order valence-electron chi connectivity index (χ1n) is 8.10. The molecule has 0 atom stereocenters. The van der Waals surface area contributed by atoms with Crippen molar-refractivity contribution in [2.24, 2.45) is 0 Å². The van der Waals surface area contributed by atoms with Crippen molar-refractivity contribution in [2.75, 3.05) is 18.9 Å². The van der Waals surface area contributed by atoms with Gasteiger partial charge < -0.3 is 20.5 Å². The summed E-state index contributed by atoms with van der Waals surface area (Å²) in [6, 6.07) is 14.1. The minimum atomic E-state index is -0.559. The number of anilines is 1. The van der Waals surface area contributed by atoms with Crippen LogP contribution in [0.15, 0.2) is 48.5 Å². The van der Waals surface area contributed by atoms with Gasteiger partial charge in [0, 0.05) is 11.3 Å². The van der Waals surface area contributed by atoms with Crippen LogP contribution in [0.3, 0.4) is 0 Å². The number of amides is 1. The first kappa shape index (κ1) is 18.9. The summed E-state index contributed by atoms with van der Waals surface area (Å²) in [5, 5.41) is 2.53. The summed E-state index contributed by atoms with van der Waals surface area (Å²) in [5.74, 6) is 5.17. The number of carbonyl (C=O) groups is 2. The highest BCUT2D eigenvalue weighted by Gasteiger charge is 2.08. The van der Waals surface area contributed by atoms with E-state index < -0.39 is 12.1 Å². The van der Waals surface area contributed by atoms with E-state index >= 15 is 0 Å². The number of nitrogens with two attached hydrogens (primary N) is 1. The van der Waals surface area contributed by atoms with Gasteiger partial charge in [0.05, 0.1) is 18.7 Å². The Kier molecular flexibility index (Phi) is 7.07. The van der Waals surface area contributed by atoms with Gasteiger partial charge in [0.15, 0.2) is 0 Å². The molecular weight excluding hydrogens is 332 g/mol. The highest BCUT2D eigenvalue weighted by Crippen LogP contribution is 2.14. The predicted molar refractivity (Wildman–Crippen MR) is 98.3 cm³/mol. The first-order valence-corrected chi connectivity index (χ1v) is 8.10. The fourth-order valence-corrected chi connectivity index (χ4v) is 2.04. The molecule has 0 heterocycles. The molecule has 0 spiro atoms. The van der Waals surface area contributed by atoms with Crippen molar-refractivity contribution in [1.82, 2.24) is 5.32 Å². The molecule has 26 heavy (non-hydrogen) atoms. The lowest BCUT2D eigenvalue weighted by Crippen LogP contribution is -2.24. The molecule has 0 fully saturated rings. The molecule has 2 aromatic carbocycles. The Bertz CT molecular complexity index is 823. The van der Waals surface area contributed by atoms with Gasteiger partial charge in [-0.1, -0.05) is 42.2 Å². The number of hydrogen-bond acceptors (Lipinski definition) is 5. The maximum Gasteiger partial charge on any atom is 0.408 e. The van der Waals surface area contributed by atoms with Crippen molar-refractivity contribution in [3.63, 3.8) is 0 Å². The van der Waals surface area contributed by atoms with Crippen LogP contribution in [0.5, 0.6) is 0 Å². The van der Waals surface area contributed by atoms with Crippen LogP contribution in [-0.4, -0.2) is 25.2 Å². The van der Waals surface area contributed by atoms with Crippen molar-refractivity contribution >= 4 is 17.7 Å². The highest BCUT2D eigenvalue weighted by atomic mass is 16.5. The Balaban J connectivity index is 1.86. The van der Waals surface area contributed by atoms with E-state index in [4.69, 9.17) is 15.2 Å². The molecule has 134 valence electrons. The minimum absolute atomic E-state index is 0.0939. The van der Waals surface area contributed by atoms with Gasteiger partial charge in [-0.05, 0) is 30.7 Å². The molecule has 0 bridgehead atoms. The van der Waals surface area contributed by atoms with Crippen LogP contribution < -0.4 is 11.1 Å². The number of carbonyl (C=O) groups excluding carboxylic acids is 2. The number of ether oxygens (including phenoxy) is 2. The summed E-state index contributed by atoms with van der Waals surface area (Å²) in [6.45, 7) is 2.31. The molecule has 1 amide bonds. The molecular formula is C20H20N2O4. The van der Waals surface area contributed by atoms with E-state index in [1.165, 1.54) is 0 Å². The lowest BCUT2D eigenvalue weighted by molar-refractivity contribution is 0.0526. The van der Waals surface area contributed by atoms with E-state index in [-0.39, 0.29) is 13.2 Å². The van der Waals surface area contributed by atoms with E-state index in [0.717, 1.165) is 5.56 Å². The molecule has 6 heteroatoms. The first-order chi connectivity index (χ1) is 12.6. The molecule has 2 aromatic rings. The zero-order chi connectivity index (χ0) is 18.8. The summed E-state index contributed by atoms with van der Waals surface area (Å²) in [4.78, 5) is 23.4. The third-order valence-electron chi connectivity index (χ3n) is 3.32. The number of nitrogens with one attached hydrogen (secondary N) is 1. The largest absolute Gasteiger partial charge is 0.462 e. The second-order valence-corrected chi connectivity index (χ2v) is 5.24. The Morgan fingerprint density at radius 1 is 1.12 bits per heavy atom. The van der Waals surface area contributed by atoms with Crippen LogP contribution in [0.1, 0.15) is 28.4 Å². The average molecular weight is 352 g/mol. The molecule has 0 radical (unpaired) electrons. The van der Waals surface area contributed by atoms with Crippen LogP contribution in [0.2, 0.25) is 0 Å². The van der Waals surface area contributed by atoms with E-state index in [0.29, 0.717) is 23.4 Å². The molecule has 0 aliphatic carbocycles. The zero-order valence-corrected chi connectivity index (χ0v) is 14.5. The molecule has 0 unspecified atom stereocenters. The molecule has 3 N–H and O–H groups in total. The second-order valence-electron chi connectivity index (χ2n) is 5.24. The number of hydrogen-bond donors (Lipinski definition) is 2. The average Bonchev–Trinajstić information content (AvgIpc) is 2.66. The Morgan fingerprint density at radius 2 is 1.88 bits per heavy atom. The number of nitrogen functional groups attached to an aromatic ring is 1. The summed E-state index contributed by atoms with van der Waals surface area (Å²) in [7, 11) is 0. The van der Waals surface area contributed by atoms with Crippen LogP contribution in [0.4, 0.5) is 10.5 Å². The number of benzene rings is 2. The number of esters is 1. The minimum Gasteiger partial charge on any atom is -0.462 e. The number of rotatable bonds is 5. The lowest BCUT2D eigenvalue weighted by atomic mass is 10.1. The summed E-state index contributed by atoms with van der Waals surface area (Å²) in [5.41, 5.74) is 8.06. The van der Waals surface area contributed by atoms with Gasteiger partial charge in [-0.25, -0.2) is 9.59 Å². The van der Waals surface area contributed by atoms with Gasteiger partial charge >= 0.3 is 12.1 Å². The normalized spacial score (nSPS) is 9.58. The molecule has 0 aliphatic heterocycles. The van der Waals surface area contributed by atoms with Crippen molar-refractivity contribution in [2.45, 2.75) is 13.5 Å². The number of alkyl carbamates (subject to hydrolysis) is 1. The van der Waals surface area contributed by atoms with Crippen LogP contribution >= 0.6 is 0 Å². The molecule has 0 saturated heterocycles. The topological polar surface area (TPSA) is 90.6 Å². The van der Waals surface area contributed by atoms with Gasteiger partial charge in [0.2, 0.25) is 0 Å². The molecule has 2 rings (SSSR count). The van der Waals surface area contributed by atoms with Gasteiger partial charge in [-0.3, -0.25) is 0 Å². The monoisotopic (exact) mass is 352 g/mol. The molecule has 0 aliphatic rings. The van der Waals surface area contributed by atoms with Crippen molar-refractivity contribution in [3.8, 4) is 11.8 Å². The van der Waals surface area contributed by atoms with Gasteiger partial charge in [0.1, 0.15) is 6.61 Å². The SMILES string of the molecule is CCOC(=O)c1ccc(N)c(C#CCNC(=O)OCc2ccccc2)c1. The van der Waals surface area contributed by atoms with Crippen molar-refractivity contribution < 1.29 is 19.1 Å². The van der Waals surface area contributed by atoms with Crippen LogP contribution in [-0.2, 0) is 16.1 Å². The van der Waals surface area contributed by atoms with E-state index in [1.54, 1.807) is 25.1 Å². The van der Waals surface area contributed by atoms with Gasteiger partial charge in [0.25, 0.3) is 0 Å². The zero-order valence-electron chi connectivity index (χ0n) is 14.5. The third-order valence-corrected chi connectivity index (χ3v) is 3.32. The summed E-state index contributed by atoms with van der Waals surface area (Å²) >= 11 is 0. The maximum absolute atomic E-state index is 11.7. The Labute approximate surface area is 152 Å². The Hall–Kier alpha value is -3.46. The lowest BCUT2D eigenvalue weighted by Gasteiger charge is -2.05. The predicted octanol–water partition coefficient (Wildman–Crippen LogP) is 2.72. The maximum atomic E-state index is 11.7. The fourth-order valence-electron chi connectivity index (χ4n) is 2.04. The molecule has 6 nitrogen and oxygen atoms in total. The van der Waals surface area contributed by atoms with Crippen molar-refractivity contribution in [1.29, 1.82) is 0 Å². The van der Waals surface area contributed by atoms with Crippen molar-refractivity contribution in [3.05, 3.63) is 65.2 Å².